The first-order valence-electron chi connectivity index (χ1n) is 5.92. The van der Waals surface area contributed by atoms with E-state index >= 15 is 0 Å². The zero-order chi connectivity index (χ0) is 13.8. The van der Waals surface area contributed by atoms with Crippen LogP contribution in [0.25, 0.3) is 0 Å². The number of ether oxygens (including phenoxy) is 1. The Bertz CT molecular complexity index is 547. The molecule has 4 heteroatoms. The number of halogens is 2. The first-order chi connectivity index (χ1) is 9.15. The van der Waals surface area contributed by atoms with Crippen molar-refractivity contribution in [1.29, 1.82) is 0 Å². The third-order valence-electron chi connectivity index (χ3n) is 3.05. The smallest absolute Gasteiger partial charge is 0.142 e. The van der Waals surface area contributed by atoms with E-state index in [1.54, 1.807) is 25.3 Å². The number of hydrogen-bond donors (Lipinski definition) is 1. The number of nitrogens with two attached hydrogens (primary N) is 1. The minimum Gasteiger partial charge on any atom is -0.375 e. The second kappa shape index (κ2) is 6.28. The summed E-state index contributed by atoms with van der Waals surface area (Å²) < 4.78 is 19.9. The molecular formula is C15H15BrFNO. The highest BCUT2D eigenvalue weighted by Gasteiger charge is 2.24. The predicted molar refractivity (Wildman–Crippen MR) is 77.2 cm³/mol. The number of methoxy groups -OCH3 is 1. The topological polar surface area (TPSA) is 35.2 Å². The molecule has 0 radical (unpaired) electrons. The Balaban J connectivity index is 2.36. The standard InChI is InChI=1S/C15H15BrFNO/c1-19-15(10-6-3-2-4-7-10)14(18)11-8-5-9-12(16)13(11)17/h2-9,14-15H,18H2,1H3. The molecule has 0 aliphatic carbocycles. The van der Waals surface area contributed by atoms with E-state index in [4.69, 9.17) is 10.5 Å². The summed E-state index contributed by atoms with van der Waals surface area (Å²) in [5.41, 5.74) is 7.53. The molecule has 2 aromatic carbocycles. The van der Waals surface area contributed by atoms with Crippen molar-refractivity contribution in [2.45, 2.75) is 12.1 Å². The maximum absolute atomic E-state index is 14.1. The lowest BCUT2D eigenvalue weighted by Crippen LogP contribution is -2.22. The van der Waals surface area contributed by atoms with Crippen molar-refractivity contribution in [3.05, 3.63) is 69.9 Å². The van der Waals surface area contributed by atoms with Crippen LogP contribution < -0.4 is 5.73 Å². The van der Waals surface area contributed by atoms with Crippen molar-refractivity contribution in [1.82, 2.24) is 0 Å². The van der Waals surface area contributed by atoms with Crippen LogP contribution in [0, 0.1) is 5.82 Å². The van der Waals surface area contributed by atoms with Crippen molar-refractivity contribution in [3.8, 4) is 0 Å². The van der Waals surface area contributed by atoms with Gasteiger partial charge in [0.25, 0.3) is 0 Å². The third-order valence-corrected chi connectivity index (χ3v) is 3.66. The highest BCUT2D eigenvalue weighted by molar-refractivity contribution is 9.10. The monoisotopic (exact) mass is 323 g/mol. The van der Waals surface area contributed by atoms with E-state index in [0.717, 1.165) is 5.56 Å². The minimum atomic E-state index is -0.565. The van der Waals surface area contributed by atoms with Crippen LogP contribution in [0.4, 0.5) is 4.39 Å². The van der Waals surface area contributed by atoms with Crippen molar-refractivity contribution in [2.75, 3.05) is 7.11 Å². The zero-order valence-corrected chi connectivity index (χ0v) is 12.1. The molecular weight excluding hydrogens is 309 g/mol. The molecule has 0 saturated heterocycles. The van der Waals surface area contributed by atoms with Crippen molar-refractivity contribution >= 4 is 15.9 Å². The van der Waals surface area contributed by atoms with Crippen LogP contribution in [-0.4, -0.2) is 7.11 Å². The van der Waals surface area contributed by atoms with Gasteiger partial charge in [0.05, 0.1) is 10.5 Å². The number of hydrogen-bond acceptors (Lipinski definition) is 2. The van der Waals surface area contributed by atoms with Crippen LogP contribution in [0.15, 0.2) is 53.0 Å². The van der Waals surface area contributed by atoms with Crippen LogP contribution in [-0.2, 0) is 4.74 Å². The van der Waals surface area contributed by atoms with Gasteiger partial charge in [-0.1, -0.05) is 42.5 Å². The molecule has 0 spiro atoms. The molecule has 2 atom stereocenters. The lowest BCUT2D eigenvalue weighted by Gasteiger charge is -2.24. The van der Waals surface area contributed by atoms with Gasteiger partial charge in [0, 0.05) is 12.7 Å². The summed E-state index contributed by atoms with van der Waals surface area (Å²) in [5, 5.41) is 0. The van der Waals surface area contributed by atoms with E-state index in [-0.39, 0.29) is 11.9 Å². The molecule has 19 heavy (non-hydrogen) atoms. The lowest BCUT2D eigenvalue weighted by molar-refractivity contribution is 0.0791. The van der Waals surface area contributed by atoms with Crippen molar-refractivity contribution in [2.24, 2.45) is 5.73 Å². The van der Waals surface area contributed by atoms with Gasteiger partial charge in [0.2, 0.25) is 0 Å². The Morgan fingerprint density at radius 1 is 1.11 bits per heavy atom. The summed E-state index contributed by atoms with van der Waals surface area (Å²) in [5.74, 6) is -0.340. The quantitative estimate of drug-likeness (QED) is 0.923. The van der Waals surface area contributed by atoms with Crippen LogP contribution in [0.3, 0.4) is 0 Å². The van der Waals surface area contributed by atoms with E-state index in [1.807, 2.05) is 30.3 Å². The third kappa shape index (κ3) is 3.03. The van der Waals surface area contributed by atoms with Crippen LogP contribution >= 0.6 is 15.9 Å². The van der Waals surface area contributed by atoms with Gasteiger partial charge in [-0.25, -0.2) is 4.39 Å². The fourth-order valence-electron chi connectivity index (χ4n) is 2.07. The van der Waals surface area contributed by atoms with Crippen molar-refractivity contribution < 1.29 is 9.13 Å². The highest BCUT2D eigenvalue weighted by Crippen LogP contribution is 2.32. The molecule has 2 aromatic rings. The maximum atomic E-state index is 14.1. The van der Waals surface area contributed by atoms with Crippen LogP contribution in [0.1, 0.15) is 23.3 Å². The molecule has 0 aliphatic heterocycles. The Morgan fingerprint density at radius 2 is 1.79 bits per heavy atom. The minimum absolute atomic E-state index is 0.340. The molecule has 0 aromatic heterocycles. The molecule has 0 heterocycles. The largest absolute Gasteiger partial charge is 0.375 e. The van der Waals surface area contributed by atoms with Gasteiger partial charge in [-0.15, -0.1) is 0 Å². The van der Waals surface area contributed by atoms with E-state index in [1.165, 1.54) is 0 Å². The molecule has 2 unspecified atom stereocenters. The van der Waals surface area contributed by atoms with Gasteiger partial charge < -0.3 is 10.5 Å². The zero-order valence-electron chi connectivity index (χ0n) is 10.5. The maximum Gasteiger partial charge on any atom is 0.142 e. The molecule has 0 aliphatic rings. The average Bonchev–Trinajstić information content (AvgIpc) is 2.44. The van der Waals surface area contributed by atoms with Gasteiger partial charge >= 0.3 is 0 Å². The van der Waals surface area contributed by atoms with Gasteiger partial charge in [-0.05, 0) is 27.6 Å². The molecule has 0 saturated carbocycles. The van der Waals surface area contributed by atoms with E-state index in [0.29, 0.717) is 10.0 Å². The fourth-order valence-corrected chi connectivity index (χ4v) is 2.46. The predicted octanol–water partition coefficient (Wildman–Crippen LogP) is 3.98. The fraction of sp³-hybridized carbons (Fsp3) is 0.200. The van der Waals surface area contributed by atoms with Gasteiger partial charge in [0.1, 0.15) is 11.9 Å². The summed E-state index contributed by atoms with van der Waals surface area (Å²) in [6.45, 7) is 0. The summed E-state index contributed by atoms with van der Waals surface area (Å²) >= 11 is 3.17. The van der Waals surface area contributed by atoms with Crippen LogP contribution in [0.2, 0.25) is 0 Å². The Labute approximate surface area is 120 Å². The highest BCUT2D eigenvalue weighted by atomic mass is 79.9. The second-order valence-corrected chi connectivity index (χ2v) is 5.09. The molecule has 0 fully saturated rings. The van der Waals surface area contributed by atoms with Crippen molar-refractivity contribution in [3.63, 3.8) is 0 Å². The number of rotatable bonds is 4. The first-order valence-corrected chi connectivity index (χ1v) is 6.71. The Morgan fingerprint density at radius 3 is 2.42 bits per heavy atom. The van der Waals surface area contributed by atoms with Gasteiger partial charge in [0.15, 0.2) is 0 Å². The Kier molecular flexibility index (Phi) is 4.69. The second-order valence-electron chi connectivity index (χ2n) is 4.24. The van der Waals surface area contributed by atoms with E-state index in [9.17, 15) is 4.39 Å². The summed E-state index contributed by atoms with van der Waals surface area (Å²) in [6, 6.07) is 14.1. The summed E-state index contributed by atoms with van der Waals surface area (Å²) in [7, 11) is 1.58. The first kappa shape index (κ1) is 14.2. The van der Waals surface area contributed by atoms with E-state index in [2.05, 4.69) is 15.9 Å². The van der Waals surface area contributed by atoms with Crippen LogP contribution in [0.5, 0.6) is 0 Å². The summed E-state index contributed by atoms with van der Waals surface area (Å²) in [4.78, 5) is 0. The number of benzene rings is 2. The molecule has 0 bridgehead atoms. The summed E-state index contributed by atoms with van der Waals surface area (Å²) in [6.07, 6.45) is -0.384. The molecule has 2 nitrogen and oxygen atoms in total. The Hall–Kier alpha value is -1.23. The lowest BCUT2D eigenvalue weighted by atomic mass is 9.96. The normalized spacial score (nSPS) is 14.1. The van der Waals surface area contributed by atoms with Gasteiger partial charge in [-0.3, -0.25) is 0 Å². The van der Waals surface area contributed by atoms with E-state index < -0.39 is 6.04 Å². The van der Waals surface area contributed by atoms with Gasteiger partial charge in [-0.2, -0.15) is 0 Å². The molecule has 100 valence electrons. The average molecular weight is 324 g/mol. The SMILES string of the molecule is COC(c1ccccc1)C(N)c1cccc(Br)c1F. The molecule has 2 N–H and O–H groups in total. The molecule has 2 rings (SSSR count). The molecule has 0 amide bonds.